The number of nitrogens with one attached hydrogen (secondary N) is 1. The molecule has 1 atom stereocenters. The van der Waals surface area contributed by atoms with Crippen LogP contribution in [0.3, 0.4) is 0 Å². The van der Waals surface area contributed by atoms with Crippen LogP contribution in [0.1, 0.15) is 26.3 Å². The minimum atomic E-state index is -3.49. The largest absolute Gasteiger partial charge is 0.354 e. The molecule has 146 valence electrons. The van der Waals surface area contributed by atoms with E-state index in [2.05, 4.69) is 5.32 Å². The van der Waals surface area contributed by atoms with Gasteiger partial charge in [-0.1, -0.05) is 44.2 Å². The average Bonchev–Trinajstić information content (AvgIpc) is 2.56. The SMILES string of the molecule is CC(C)CNC(=O)[C@H](C)N(Cc1ccccc1)C(=O)CN(C)S(C)(=O)=O. The number of rotatable bonds is 9. The molecule has 1 aromatic carbocycles. The lowest BCUT2D eigenvalue weighted by Crippen LogP contribution is -2.51. The lowest BCUT2D eigenvalue weighted by molar-refractivity contribution is -0.140. The van der Waals surface area contributed by atoms with Crippen LogP contribution in [0.25, 0.3) is 0 Å². The van der Waals surface area contributed by atoms with Crippen molar-refractivity contribution in [2.45, 2.75) is 33.4 Å². The highest BCUT2D eigenvalue weighted by Gasteiger charge is 2.28. The molecule has 0 aliphatic carbocycles. The Morgan fingerprint density at radius 1 is 1.12 bits per heavy atom. The third kappa shape index (κ3) is 7.13. The van der Waals surface area contributed by atoms with Gasteiger partial charge in [-0.3, -0.25) is 9.59 Å². The van der Waals surface area contributed by atoms with E-state index in [1.54, 1.807) is 6.92 Å². The van der Waals surface area contributed by atoms with Gasteiger partial charge in [-0.15, -0.1) is 0 Å². The van der Waals surface area contributed by atoms with Gasteiger partial charge in [-0.25, -0.2) is 8.42 Å². The van der Waals surface area contributed by atoms with Crippen molar-refractivity contribution in [2.75, 3.05) is 26.4 Å². The van der Waals surface area contributed by atoms with Crippen molar-refractivity contribution in [1.82, 2.24) is 14.5 Å². The van der Waals surface area contributed by atoms with E-state index >= 15 is 0 Å². The van der Waals surface area contributed by atoms with Gasteiger partial charge in [0.2, 0.25) is 21.8 Å². The van der Waals surface area contributed by atoms with Gasteiger partial charge in [0.1, 0.15) is 6.04 Å². The van der Waals surface area contributed by atoms with Crippen LogP contribution < -0.4 is 5.32 Å². The molecule has 0 aromatic heterocycles. The molecule has 1 aromatic rings. The van der Waals surface area contributed by atoms with Crippen LogP contribution in [-0.2, 0) is 26.2 Å². The maximum Gasteiger partial charge on any atom is 0.242 e. The molecule has 0 saturated heterocycles. The van der Waals surface area contributed by atoms with Crippen LogP contribution in [0.2, 0.25) is 0 Å². The molecule has 0 saturated carbocycles. The number of carbonyl (C=O) groups is 2. The summed E-state index contributed by atoms with van der Waals surface area (Å²) in [5.74, 6) is -0.389. The van der Waals surface area contributed by atoms with E-state index in [-0.39, 0.29) is 19.0 Å². The number of amides is 2. The predicted octanol–water partition coefficient (Wildman–Crippen LogP) is 1.07. The minimum Gasteiger partial charge on any atom is -0.354 e. The molecule has 7 nitrogen and oxygen atoms in total. The number of nitrogens with zero attached hydrogens (tertiary/aromatic N) is 2. The standard InChI is InChI=1S/C18H29N3O4S/c1-14(2)11-19-18(23)15(3)21(12-16-9-7-6-8-10-16)17(22)13-20(4)26(5,24)25/h6-10,14-15H,11-13H2,1-5H3,(H,19,23)/t15-/m0/s1. The number of sulfonamides is 1. The average molecular weight is 384 g/mol. The van der Waals surface area contributed by atoms with Crippen LogP contribution in [0, 0.1) is 5.92 Å². The van der Waals surface area contributed by atoms with Crippen molar-refractivity contribution >= 4 is 21.8 Å². The summed E-state index contributed by atoms with van der Waals surface area (Å²) in [6.45, 7) is 6.05. The van der Waals surface area contributed by atoms with E-state index in [0.29, 0.717) is 12.5 Å². The summed E-state index contributed by atoms with van der Waals surface area (Å²) in [7, 11) is -2.14. The van der Waals surface area contributed by atoms with E-state index in [1.807, 2.05) is 44.2 Å². The Morgan fingerprint density at radius 3 is 2.19 bits per heavy atom. The summed E-state index contributed by atoms with van der Waals surface area (Å²) in [5, 5.41) is 2.82. The van der Waals surface area contributed by atoms with E-state index in [1.165, 1.54) is 11.9 Å². The Hall–Kier alpha value is -1.93. The smallest absolute Gasteiger partial charge is 0.242 e. The zero-order chi connectivity index (χ0) is 19.9. The maximum absolute atomic E-state index is 12.7. The highest BCUT2D eigenvalue weighted by atomic mass is 32.2. The van der Waals surface area contributed by atoms with Crippen LogP contribution >= 0.6 is 0 Å². The second-order valence-electron chi connectivity index (χ2n) is 6.84. The summed E-state index contributed by atoms with van der Waals surface area (Å²) >= 11 is 0. The first-order valence-corrected chi connectivity index (χ1v) is 10.4. The van der Waals surface area contributed by atoms with E-state index < -0.39 is 22.0 Å². The quantitative estimate of drug-likeness (QED) is 0.691. The summed E-state index contributed by atoms with van der Waals surface area (Å²) in [4.78, 5) is 26.6. The van der Waals surface area contributed by atoms with E-state index in [9.17, 15) is 18.0 Å². The van der Waals surface area contributed by atoms with Crippen molar-refractivity contribution in [3.8, 4) is 0 Å². The number of benzene rings is 1. The van der Waals surface area contributed by atoms with Crippen molar-refractivity contribution in [2.24, 2.45) is 5.92 Å². The predicted molar refractivity (Wildman–Crippen MR) is 102 cm³/mol. The summed E-state index contributed by atoms with van der Waals surface area (Å²) in [6, 6.07) is 8.58. The third-order valence-corrected chi connectivity index (χ3v) is 5.23. The molecule has 0 radical (unpaired) electrons. The Kier molecular flexibility index (Phi) is 8.23. The monoisotopic (exact) mass is 383 g/mol. The number of hydrogen-bond acceptors (Lipinski definition) is 4. The fourth-order valence-electron chi connectivity index (χ4n) is 2.21. The summed E-state index contributed by atoms with van der Waals surface area (Å²) in [6.07, 6.45) is 1.04. The molecule has 0 heterocycles. The maximum atomic E-state index is 12.7. The fourth-order valence-corrected chi connectivity index (χ4v) is 2.56. The van der Waals surface area contributed by atoms with Crippen molar-refractivity contribution in [3.63, 3.8) is 0 Å². The van der Waals surface area contributed by atoms with Gasteiger partial charge in [0.15, 0.2) is 0 Å². The molecule has 0 unspecified atom stereocenters. The topological polar surface area (TPSA) is 86.8 Å². The van der Waals surface area contributed by atoms with E-state index in [4.69, 9.17) is 0 Å². The first-order valence-electron chi connectivity index (χ1n) is 8.54. The first-order chi connectivity index (χ1) is 12.0. The number of hydrogen-bond donors (Lipinski definition) is 1. The molecular weight excluding hydrogens is 354 g/mol. The second-order valence-corrected chi connectivity index (χ2v) is 8.93. The zero-order valence-corrected chi connectivity index (χ0v) is 16.9. The normalized spacial score (nSPS) is 12.9. The highest BCUT2D eigenvalue weighted by Crippen LogP contribution is 2.11. The minimum absolute atomic E-state index is 0.230. The Bertz CT molecular complexity index is 704. The molecule has 26 heavy (non-hydrogen) atoms. The van der Waals surface area contributed by atoms with Gasteiger partial charge in [0.05, 0.1) is 12.8 Å². The van der Waals surface area contributed by atoms with E-state index in [0.717, 1.165) is 16.1 Å². The lowest BCUT2D eigenvalue weighted by atomic mass is 10.1. The van der Waals surface area contributed by atoms with Crippen LogP contribution in [0.15, 0.2) is 30.3 Å². The molecule has 0 bridgehead atoms. The first kappa shape index (κ1) is 22.1. The Balaban J connectivity index is 2.97. The molecule has 1 rings (SSSR count). The fraction of sp³-hybridized carbons (Fsp3) is 0.556. The van der Waals surface area contributed by atoms with Gasteiger partial charge in [-0.2, -0.15) is 4.31 Å². The van der Waals surface area contributed by atoms with Crippen LogP contribution in [-0.4, -0.2) is 61.9 Å². The third-order valence-electron chi connectivity index (χ3n) is 3.97. The lowest BCUT2D eigenvalue weighted by Gasteiger charge is -2.30. The number of likely N-dealkylation sites (N-methyl/N-ethyl adjacent to an activating group) is 1. The Labute approximate surface area is 156 Å². The molecule has 1 N–H and O–H groups in total. The van der Waals surface area contributed by atoms with Gasteiger partial charge >= 0.3 is 0 Å². The molecule has 8 heteroatoms. The zero-order valence-electron chi connectivity index (χ0n) is 16.1. The molecule has 0 aliphatic heterocycles. The van der Waals surface area contributed by atoms with Crippen molar-refractivity contribution < 1.29 is 18.0 Å². The van der Waals surface area contributed by atoms with Crippen molar-refractivity contribution in [3.05, 3.63) is 35.9 Å². The highest BCUT2D eigenvalue weighted by molar-refractivity contribution is 7.88. The Morgan fingerprint density at radius 2 is 1.69 bits per heavy atom. The van der Waals surface area contributed by atoms with Crippen LogP contribution in [0.4, 0.5) is 0 Å². The molecule has 0 aliphatic rings. The number of carbonyl (C=O) groups excluding carboxylic acids is 2. The summed E-state index contributed by atoms with van der Waals surface area (Å²) in [5.41, 5.74) is 0.867. The molecule has 2 amide bonds. The molecule has 0 fully saturated rings. The summed E-state index contributed by atoms with van der Waals surface area (Å²) < 4.78 is 24.2. The van der Waals surface area contributed by atoms with Gasteiger partial charge in [0, 0.05) is 20.1 Å². The van der Waals surface area contributed by atoms with Gasteiger partial charge < -0.3 is 10.2 Å². The van der Waals surface area contributed by atoms with Crippen molar-refractivity contribution in [1.29, 1.82) is 0 Å². The molecular formula is C18H29N3O4S. The van der Waals surface area contributed by atoms with Crippen LogP contribution in [0.5, 0.6) is 0 Å². The second kappa shape index (κ2) is 9.68. The molecule has 0 spiro atoms. The van der Waals surface area contributed by atoms with Gasteiger partial charge in [-0.05, 0) is 18.4 Å². The van der Waals surface area contributed by atoms with Gasteiger partial charge in [0.25, 0.3) is 0 Å².